The fraction of sp³-hybridized carbons (Fsp3) is 0.400. The maximum Gasteiger partial charge on any atom is 0.407 e. The molecule has 1 heterocycles. The number of allylic oxidation sites excluding steroid dienone is 1. The maximum absolute atomic E-state index is 12.2. The number of hydrogen-bond donors (Lipinski definition) is 2. The number of hydrogen-bond acceptors (Lipinski definition) is 7. The number of benzene rings is 2. The minimum atomic E-state index is -0.771. The average molecular weight is 520 g/mol. The highest BCUT2D eigenvalue weighted by atomic mass is 16.6. The molecule has 0 saturated carbocycles. The third kappa shape index (κ3) is 10.3. The van der Waals surface area contributed by atoms with Crippen LogP contribution in [0.5, 0.6) is 0 Å². The summed E-state index contributed by atoms with van der Waals surface area (Å²) in [6.45, 7) is 9.84. The molecule has 0 aliphatic carbocycles. The molecule has 0 radical (unpaired) electrons. The van der Waals surface area contributed by atoms with E-state index in [1.165, 1.54) is 12.7 Å². The largest absolute Gasteiger partial charge is 0.467 e. The first-order valence-corrected chi connectivity index (χ1v) is 12.7. The molecule has 0 aromatic heterocycles. The molecule has 2 aromatic rings. The Morgan fingerprint density at radius 2 is 1.76 bits per heavy atom. The first-order chi connectivity index (χ1) is 18.2. The summed E-state index contributed by atoms with van der Waals surface area (Å²) in [7, 11) is 1.30. The van der Waals surface area contributed by atoms with Gasteiger partial charge in [-0.3, -0.25) is 4.90 Å². The highest BCUT2D eigenvalue weighted by Crippen LogP contribution is 2.13. The van der Waals surface area contributed by atoms with E-state index in [1.54, 1.807) is 20.8 Å². The Bertz CT molecular complexity index is 1140. The number of nitrogens with one attached hydrogen (secondary N) is 2. The minimum absolute atomic E-state index is 0.0160. The number of nitrogens with zero attached hydrogens (tertiary/aromatic N) is 1. The Balaban J connectivity index is 1.50. The van der Waals surface area contributed by atoms with Crippen molar-refractivity contribution in [2.24, 2.45) is 0 Å². The quantitative estimate of drug-likeness (QED) is 0.402. The second-order valence-corrected chi connectivity index (χ2v) is 9.91. The third-order valence-corrected chi connectivity index (χ3v) is 5.63. The first-order valence-electron chi connectivity index (χ1n) is 12.7. The van der Waals surface area contributed by atoms with Gasteiger partial charge in [0.15, 0.2) is 0 Å². The van der Waals surface area contributed by atoms with Crippen LogP contribution in [0.1, 0.15) is 37.5 Å². The molecule has 202 valence electrons. The number of ether oxygens (including phenoxy) is 3. The SMILES string of the molecule is COC(=O)[C@H](CNC(=O)OC(C)(C)C)Nc1ccc(C#CC=Cc2ccc(CN3CCOCC3)cc2)cc1. The molecule has 1 saturated heterocycles. The lowest BCUT2D eigenvalue weighted by Gasteiger charge is -2.26. The van der Waals surface area contributed by atoms with Crippen LogP contribution in [0.15, 0.2) is 54.6 Å². The zero-order chi connectivity index (χ0) is 27.4. The first kappa shape index (κ1) is 28.8. The Morgan fingerprint density at radius 3 is 2.39 bits per heavy atom. The number of morpholine rings is 1. The third-order valence-electron chi connectivity index (χ3n) is 5.63. The molecule has 1 fully saturated rings. The second kappa shape index (κ2) is 14.2. The van der Waals surface area contributed by atoms with E-state index in [0.29, 0.717) is 5.69 Å². The topological polar surface area (TPSA) is 89.1 Å². The smallest absolute Gasteiger partial charge is 0.407 e. The lowest BCUT2D eigenvalue weighted by molar-refractivity contribution is -0.141. The summed E-state index contributed by atoms with van der Waals surface area (Å²) >= 11 is 0. The van der Waals surface area contributed by atoms with Crippen LogP contribution in [-0.4, -0.2) is 68.6 Å². The molecule has 0 bridgehead atoms. The molecule has 38 heavy (non-hydrogen) atoms. The Hall–Kier alpha value is -3.80. The van der Waals surface area contributed by atoms with Crippen molar-refractivity contribution in [2.45, 2.75) is 39.0 Å². The van der Waals surface area contributed by atoms with Crippen LogP contribution in [0, 0.1) is 11.8 Å². The van der Waals surface area contributed by atoms with Crippen molar-refractivity contribution >= 4 is 23.8 Å². The van der Waals surface area contributed by atoms with Crippen molar-refractivity contribution in [3.8, 4) is 11.8 Å². The van der Waals surface area contributed by atoms with E-state index >= 15 is 0 Å². The van der Waals surface area contributed by atoms with Crippen molar-refractivity contribution in [3.63, 3.8) is 0 Å². The van der Waals surface area contributed by atoms with E-state index < -0.39 is 23.7 Å². The summed E-state index contributed by atoms with van der Waals surface area (Å²) < 4.78 is 15.5. The van der Waals surface area contributed by atoms with Crippen LogP contribution in [0.4, 0.5) is 10.5 Å². The van der Waals surface area contributed by atoms with Crippen molar-refractivity contribution in [3.05, 3.63) is 71.3 Å². The Labute approximate surface area is 225 Å². The van der Waals surface area contributed by atoms with Gasteiger partial charge in [0.25, 0.3) is 0 Å². The van der Waals surface area contributed by atoms with Gasteiger partial charge in [-0.25, -0.2) is 9.59 Å². The summed E-state index contributed by atoms with van der Waals surface area (Å²) in [5.41, 5.74) is 3.29. The van der Waals surface area contributed by atoms with Crippen LogP contribution >= 0.6 is 0 Å². The Kier molecular flexibility index (Phi) is 10.8. The zero-order valence-corrected chi connectivity index (χ0v) is 22.6. The molecule has 2 N–H and O–H groups in total. The van der Waals surface area contributed by atoms with E-state index in [-0.39, 0.29) is 6.54 Å². The summed E-state index contributed by atoms with van der Waals surface area (Å²) in [6, 6.07) is 15.1. The van der Waals surface area contributed by atoms with Gasteiger partial charge < -0.3 is 24.8 Å². The highest BCUT2D eigenvalue weighted by molar-refractivity contribution is 5.80. The van der Waals surface area contributed by atoms with Gasteiger partial charge in [-0.05, 0) is 68.3 Å². The van der Waals surface area contributed by atoms with Gasteiger partial charge in [-0.1, -0.05) is 36.1 Å². The predicted molar refractivity (Wildman–Crippen MR) is 149 cm³/mol. The van der Waals surface area contributed by atoms with Crippen molar-refractivity contribution in [1.82, 2.24) is 10.2 Å². The number of carbonyl (C=O) groups is 2. The van der Waals surface area contributed by atoms with E-state index in [2.05, 4.69) is 51.6 Å². The monoisotopic (exact) mass is 519 g/mol. The number of carbonyl (C=O) groups excluding carboxylic acids is 2. The average Bonchev–Trinajstić information content (AvgIpc) is 2.90. The van der Waals surface area contributed by atoms with E-state index in [0.717, 1.165) is 44.0 Å². The molecule has 0 spiro atoms. The fourth-order valence-electron chi connectivity index (χ4n) is 3.70. The number of rotatable bonds is 8. The molecule has 2 aromatic carbocycles. The van der Waals surface area contributed by atoms with Crippen LogP contribution in [0.3, 0.4) is 0 Å². The molecule has 8 nitrogen and oxygen atoms in total. The normalized spacial score (nSPS) is 14.7. The van der Waals surface area contributed by atoms with Gasteiger partial charge in [0.2, 0.25) is 0 Å². The number of esters is 1. The van der Waals surface area contributed by atoms with Gasteiger partial charge in [-0.2, -0.15) is 0 Å². The second-order valence-electron chi connectivity index (χ2n) is 9.91. The van der Waals surface area contributed by atoms with E-state index in [9.17, 15) is 9.59 Å². The maximum atomic E-state index is 12.2. The molecular weight excluding hydrogens is 482 g/mol. The minimum Gasteiger partial charge on any atom is -0.467 e. The van der Waals surface area contributed by atoms with Gasteiger partial charge in [0.1, 0.15) is 11.6 Å². The van der Waals surface area contributed by atoms with Crippen molar-refractivity contribution in [1.29, 1.82) is 0 Å². The number of amides is 1. The fourth-order valence-corrected chi connectivity index (χ4v) is 3.70. The highest BCUT2D eigenvalue weighted by Gasteiger charge is 2.22. The Morgan fingerprint density at radius 1 is 1.08 bits per heavy atom. The molecule has 1 amide bonds. The molecule has 0 unspecified atom stereocenters. The van der Waals surface area contributed by atoms with Gasteiger partial charge in [0, 0.05) is 30.9 Å². The molecule has 1 atom stereocenters. The summed E-state index contributed by atoms with van der Waals surface area (Å²) in [5.74, 6) is 5.67. The predicted octanol–water partition coefficient (Wildman–Crippen LogP) is 4.06. The number of alkyl carbamates (subject to hydrolysis) is 1. The van der Waals surface area contributed by atoms with Crippen LogP contribution in [0.25, 0.3) is 6.08 Å². The van der Waals surface area contributed by atoms with Crippen molar-refractivity contribution in [2.75, 3.05) is 45.3 Å². The molecule has 1 aliphatic heterocycles. The van der Waals surface area contributed by atoms with Crippen LogP contribution in [-0.2, 0) is 25.5 Å². The molecule has 1 aliphatic rings. The lowest BCUT2D eigenvalue weighted by Crippen LogP contribution is -2.43. The number of methoxy groups -OCH3 is 1. The van der Waals surface area contributed by atoms with E-state index in [4.69, 9.17) is 14.2 Å². The molecular formula is C30H37N3O5. The summed E-state index contributed by atoms with van der Waals surface area (Å²) in [5, 5.41) is 5.67. The van der Waals surface area contributed by atoms with E-state index in [1.807, 2.05) is 36.4 Å². The molecule has 8 heteroatoms. The summed E-state index contributed by atoms with van der Waals surface area (Å²) in [6.07, 6.45) is 3.22. The van der Waals surface area contributed by atoms with Gasteiger partial charge in [0.05, 0.1) is 26.9 Å². The standard InChI is InChI=1S/C30H37N3O5/c1-30(2,3)38-29(35)31-21-27(28(34)36-4)32-26-15-13-24(14-16-26)8-6-5-7-23-9-11-25(12-10-23)22-33-17-19-37-20-18-33/h5,7,9-16,27,32H,17-22H2,1-4H3,(H,31,35)/t27-/m0/s1. The lowest BCUT2D eigenvalue weighted by atomic mass is 10.1. The molecule has 3 rings (SSSR count). The summed E-state index contributed by atoms with van der Waals surface area (Å²) in [4.78, 5) is 26.5. The van der Waals surface area contributed by atoms with Gasteiger partial charge >= 0.3 is 12.1 Å². The van der Waals surface area contributed by atoms with Crippen molar-refractivity contribution < 1.29 is 23.8 Å². The van der Waals surface area contributed by atoms with Crippen LogP contribution in [0.2, 0.25) is 0 Å². The zero-order valence-electron chi connectivity index (χ0n) is 22.6. The van der Waals surface area contributed by atoms with Gasteiger partial charge in [-0.15, -0.1) is 0 Å². The number of anilines is 1. The van der Waals surface area contributed by atoms with Crippen LogP contribution < -0.4 is 10.6 Å².